The number of thioether (sulfide) groups is 1. The van der Waals surface area contributed by atoms with Crippen molar-refractivity contribution in [3.63, 3.8) is 0 Å². The van der Waals surface area contributed by atoms with Crippen molar-refractivity contribution in [2.24, 2.45) is 5.73 Å². The molecule has 1 aliphatic rings. The van der Waals surface area contributed by atoms with E-state index in [2.05, 4.69) is 41.0 Å². The van der Waals surface area contributed by atoms with Crippen LogP contribution >= 0.6 is 11.8 Å². The summed E-state index contributed by atoms with van der Waals surface area (Å²) in [7, 11) is 0. The second kappa shape index (κ2) is 11.0. The van der Waals surface area contributed by atoms with Gasteiger partial charge in [-0.1, -0.05) is 31.9 Å². The molecule has 1 aromatic rings. The first-order valence-electron chi connectivity index (χ1n) is 9.24. The number of benzene rings is 1. The maximum Gasteiger partial charge on any atom is 0.0505 e. The quantitative estimate of drug-likeness (QED) is 0.520. The molecular weight excluding hydrogens is 302 g/mol. The molecule has 0 unspecified atom stereocenters. The third-order valence-electron chi connectivity index (χ3n) is 4.47. The van der Waals surface area contributed by atoms with Crippen molar-refractivity contribution in [2.75, 3.05) is 49.9 Å². The summed E-state index contributed by atoms with van der Waals surface area (Å²) in [6, 6.07) is 8.91. The Labute approximate surface area is 146 Å². The number of nitrogens with zero attached hydrogens (tertiary/aromatic N) is 2. The predicted molar refractivity (Wildman–Crippen MR) is 104 cm³/mol. The van der Waals surface area contributed by atoms with E-state index in [0.29, 0.717) is 0 Å². The number of hydrogen-bond acceptors (Lipinski definition) is 4. The van der Waals surface area contributed by atoms with Crippen molar-refractivity contribution in [1.29, 1.82) is 0 Å². The number of anilines is 1. The van der Waals surface area contributed by atoms with Gasteiger partial charge in [-0.25, -0.2) is 0 Å². The molecule has 0 aromatic heterocycles. The lowest BCUT2D eigenvalue weighted by Gasteiger charge is -2.37. The molecule has 0 radical (unpaired) electrons. The van der Waals surface area contributed by atoms with Gasteiger partial charge in [-0.05, 0) is 50.2 Å². The number of piperazine rings is 1. The van der Waals surface area contributed by atoms with Crippen molar-refractivity contribution in [3.8, 4) is 0 Å². The largest absolute Gasteiger partial charge is 0.368 e. The van der Waals surface area contributed by atoms with Crippen molar-refractivity contribution in [2.45, 2.75) is 43.9 Å². The Morgan fingerprint density at radius 1 is 1.00 bits per heavy atom. The molecule has 0 amide bonds. The minimum atomic E-state index is 0.841. The molecular formula is C19H33N3S. The van der Waals surface area contributed by atoms with E-state index < -0.39 is 0 Å². The van der Waals surface area contributed by atoms with Crippen molar-refractivity contribution < 1.29 is 0 Å². The summed E-state index contributed by atoms with van der Waals surface area (Å²) >= 11 is 2.00. The summed E-state index contributed by atoms with van der Waals surface area (Å²) in [5.74, 6) is 1.21. The van der Waals surface area contributed by atoms with Gasteiger partial charge in [0, 0.05) is 31.1 Å². The van der Waals surface area contributed by atoms with Gasteiger partial charge < -0.3 is 10.6 Å². The van der Waals surface area contributed by atoms with Crippen LogP contribution in [-0.4, -0.2) is 49.9 Å². The lowest BCUT2D eigenvalue weighted by atomic mass is 10.1. The minimum absolute atomic E-state index is 0.841. The maximum absolute atomic E-state index is 5.55. The molecule has 3 nitrogen and oxygen atoms in total. The normalized spacial score (nSPS) is 16.0. The molecule has 2 N–H and O–H groups in total. The molecule has 1 saturated heterocycles. The summed E-state index contributed by atoms with van der Waals surface area (Å²) in [6.45, 7) is 9.06. The first-order valence-corrected chi connectivity index (χ1v) is 10.2. The fraction of sp³-hybridized carbons (Fsp3) is 0.684. The highest BCUT2D eigenvalue weighted by molar-refractivity contribution is 7.99. The number of unbranched alkanes of at least 4 members (excludes halogenated alkanes) is 3. The number of hydrogen-bond donors (Lipinski definition) is 1. The molecule has 1 fully saturated rings. The Hall–Kier alpha value is -0.710. The highest BCUT2D eigenvalue weighted by Gasteiger charge is 2.18. The molecule has 0 bridgehead atoms. The average Bonchev–Trinajstić information content (AvgIpc) is 2.61. The molecule has 0 atom stereocenters. The molecule has 1 heterocycles. The minimum Gasteiger partial charge on any atom is -0.368 e. The summed E-state index contributed by atoms with van der Waals surface area (Å²) in [5, 5.41) is 0. The van der Waals surface area contributed by atoms with Crippen LogP contribution in [0, 0.1) is 0 Å². The Kier molecular flexibility index (Phi) is 8.87. The third kappa shape index (κ3) is 6.36. The standard InChI is InChI=1S/C19H33N3S/c1-2-17-23-19-10-6-5-9-18(19)22-15-13-21(14-16-22)12-8-4-3-7-11-20/h5-6,9-10H,2-4,7-8,11-17,20H2,1H3. The first-order chi connectivity index (χ1) is 11.3. The van der Waals surface area contributed by atoms with Crippen LogP contribution in [-0.2, 0) is 0 Å². The van der Waals surface area contributed by atoms with Crippen LogP contribution in [0.15, 0.2) is 29.2 Å². The molecule has 1 aromatic carbocycles. The van der Waals surface area contributed by atoms with E-state index in [1.807, 2.05) is 11.8 Å². The van der Waals surface area contributed by atoms with Gasteiger partial charge in [0.25, 0.3) is 0 Å². The molecule has 4 heteroatoms. The lowest BCUT2D eigenvalue weighted by Crippen LogP contribution is -2.46. The van der Waals surface area contributed by atoms with Crippen molar-refractivity contribution in [3.05, 3.63) is 24.3 Å². The molecule has 0 aliphatic carbocycles. The lowest BCUT2D eigenvalue weighted by molar-refractivity contribution is 0.252. The zero-order valence-corrected chi connectivity index (χ0v) is 15.5. The van der Waals surface area contributed by atoms with E-state index in [9.17, 15) is 0 Å². The van der Waals surface area contributed by atoms with Gasteiger partial charge in [0.2, 0.25) is 0 Å². The Bertz CT molecular complexity index is 430. The van der Waals surface area contributed by atoms with E-state index >= 15 is 0 Å². The van der Waals surface area contributed by atoms with Gasteiger partial charge in [0.15, 0.2) is 0 Å². The van der Waals surface area contributed by atoms with Gasteiger partial charge in [-0.15, -0.1) is 11.8 Å². The van der Waals surface area contributed by atoms with Gasteiger partial charge in [0.05, 0.1) is 5.69 Å². The SMILES string of the molecule is CCCSc1ccccc1N1CCN(CCCCCCN)CC1. The highest BCUT2D eigenvalue weighted by atomic mass is 32.2. The fourth-order valence-corrected chi connectivity index (χ4v) is 4.04. The van der Waals surface area contributed by atoms with Crippen LogP contribution < -0.4 is 10.6 Å². The zero-order valence-electron chi connectivity index (χ0n) is 14.7. The Morgan fingerprint density at radius 2 is 1.74 bits per heavy atom. The summed E-state index contributed by atoms with van der Waals surface area (Å²) in [5.41, 5.74) is 6.99. The fourth-order valence-electron chi connectivity index (χ4n) is 3.10. The predicted octanol–water partition coefficient (Wildman–Crippen LogP) is 3.83. The highest BCUT2D eigenvalue weighted by Crippen LogP contribution is 2.31. The van der Waals surface area contributed by atoms with Crippen LogP contribution in [0.1, 0.15) is 39.0 Å². The smallest absolute Gasteiger partial charge is 0.0505 e. The summed E-state index contributed by atoms with van der Waals surface area (Å²) in [4.78, 5) is 6.65. The van der Waals surface area contributed by atoms with Crippen LogP contribution in [0.5, 0.6) is 0 Å². The van der Waals surface area contributed by atoms with E-state index in [1.165, 1.54) is 68.1 Å². The summed E-state index contributed by atoms with van der Waals surface area (Å²) < 4.78 is 0. The third-order valence-corrected chi connectivity index (χ3v) is 5.74. The number of rotatable bonds is 10. The molecule has 130 valence electrons. The topological polar surface area (TPSA) is 32.5 Å². The zero-order chi connectivity index (χ0) is 16.3. The second-order valence-electron chi connectivity index (χ2n) is 6.35. The number of para-hydroxylation sites is 1. The molecule has 0 saturated carbocycles. The van der Waals surface area contributed by atoms with Crippen LogP contribution in [0.3, 0.4) is 0 Å². The summed E-state index contributed by atoms with van der Waals surface area (Å²) in [6.07, 6.45) is 6.35. The van der Waals surface area contributed by atoms with Crippen molar-refractivity contribution in [1.82, 2.24) is 4.90 Å². The van der Waals surface area contributed by atoms with E-state index in [0.717, 1.165) is 19.6 Å². The Balaban J connectivity index is 1.76. The van der Waals surface area contributed by atoms with Crippen LogP contribution in [0.2, 0.25) is 0 Å². The van der Waals surface area contributed by atoms with Gasteiger partial charge in [0.1, 0.15) is 0 Å². The van der Waals surface area contributed by atoms with Gasteiger partial charge >= 0.3 is 0 Å². The van der Waals surface area contributed by atoms with Crippen molar-refractivity contribution >= 4 is 17.4 Å². The number of nitrogens with two attached hydrogens (primary N) is 1. The second-order valence-corrected chi connectivity index (χ2v) is 7.48. The average molecular weight is 336 g/mol. The molecule has 23 heavy (non-hydrogen) atoms. The molecule has 2 rings (SSSR count). The Morgan fingerprint density at radius 3 is 2.48 bits per heavy atom. The maximum atomic E-state index is 5.55. The molecule has 1 aliphatic heterocycles. The van der Waals surface area contributed by atoms with E-state index in [1.54, 1.807) is 0 Å². The van der Waals surface area contributed by atoms with Gasteiger partial charge in [-0.3, -0.25) is 4.90 Å². The first kappa shape index (κ1) is 18.6. The van der Waals surface area contributed by atoms with E-state index in [4.69, 9.17) is 5.73 Å². The van der Waals surface area contributed by atoms with Crippen LogP contribution in [0.25, 0.3) is 0 Å². The molecule has 0 spiro atoms. The van der Waals surface area contributed by atoms with Gasteiger partial charge in [-0.2, -0.15) is 0 Å². The van der Waals surface area contributed by atoms with E-state index in [-0.39, 0.29) is 0 Å². The van der Waals surface area contributed by atoms with Crippen LogP contribution in [0.4, 0.5) is 5.69 Å². The monoisotopic (exact) mass is 335 g/mol.